The fourth-order valence-electron chi connectivity index (χ4n) is 3.00. The van der Waals surface area contributed by atoms with E-state index in [9.17, 15) is 18.0 Å². The van der Waals surface area contributed by atoms with Crippen molar-refractivity contribution in [2.45, 2.75) is 38.8 Å². The van der Waals surface area contributed by atoms with Crippen molar-refractivity contribution in [1.82, 2.24) is 4.90 Å². The molecule has 0 spiro atoms. The number of halogens is 3. The first kappa shape index (κ1) is 18.8. The molecule has 1 heterocycles. The molecule has 0 N–H and O–H groups in total. The van der Waals surface area contributed by atoms with Crippen molar-refractivity contribution < 1.29 is 22.7 Å². The van der Waals surface area contributed by atoms with Crippen LogP contribution in [0.25, 0.3) is 0 Å². The van der Waals surface area contributed by atoms with E-state index in [1.807, 2.05) is 6.92 Å². The quantitative estimate of drug-likeness (QED) is 0.812. The van der Waals surface area contributed by atoms with Gasteiger partial charge in [-0.3, -0.25) is 4.79 Å². The summed E-state index contributed by atoms with van der Waals surface area (Å²) in [5.41, 5.74) is -1.37. The highest BCUT2D eigenvalue weighted by molar-refractivity contribution is 5.87. The van der Waals surface area contributed by atoms with Crippen LogP contribution in [0.1, 0.15) is 38.3 Å². The Labute approximate surface area is 140 Å². The van der Waals surface area contributed by atoms with Gasteiger partial charge in [-0.2, -0.15) is 13.2 Å². The van der Waals surface area contributed by atoms with E-state index in [4.69, 9.17) is 4.74 Å². The zero-order valence-corrected chi connectivity index (χ0v) is 14.3. The standard InChI is InChI=1S/C18H24F3NO2/c1-4-22(11-13-8-9-24-12-13)16(23)17(2,3)14-6-5-7-15(10-14)18(19,20)21/h5-7,10,13H,4,8-9,11-12H2,1-3H3/t13-/m1/s1. The lowest BCUT2D eigenvalue weighted by atomic mass is 9.82. The fourth-order valence-corrected chi connectivity index (χ4v) is 3.00. The van der Waals surface area contributed by atoms with Gasteiger partial charge in [0.2, 0.25) is 5.91 Å². The van der Waals surface area contributed by atoms with E-state index in [0.29, 0.717) is 37.8 Å². The van der Waals surface area contributed by atoms with Gasteiger partial charge in [0.15, 0.2) is 0 Å². The third kappa shape index (κ3) is 4.09. The van der Waals surface area contributed by atoms with Crippen molar-refractivity contribution in [3.05, 3.63) is 35.4 Å². The molecule has 0 aliphatic carbocycles. The zero-order chi connectivity index (χ0) is 18.0. The minimum Gasteiger partial charge on any atom is -0.381 e. The minimum absolute atomic E-state index is 0.156. The molecule has 1 fully saturated rings. The van der Waals surface area contributed by atoms with Crippen LogP contribution in [-0.4, -0.2) is 37.1 Å². The number of carbonyl (C=O) groups is 1. The number of likely N-dealkylation sites (N-methyl/N-ethyl adjacent to an activating group) is 1. The first-order chi connectivity index (χ1) is 11.2. The summed E-state index contributed by atoms with van der Waals surface area (Å²) in [6.07, 6.45) is -3.51. The predicted octanol–water partition coefficient (Wildman–Crippen LogP) is 3.87. The largest absolute Gasteiger partial charge is 0.416 e. The van der Waals surface area contributed by atoms with E-state index in [0.717, 1.165) is 18.6 Å². The molecule has 1 atom stereocenters. The van der Waals surface area contributed by atoms with Gasteiger partial charge in [0, 0.05) is 25.6 Å². The van der Waals surface area contributed by atoms with Crippen LogP contribution in [0.5, 0.6) is 0 Å². The molecule has 2 rings (SSSR count). The summed E-state index contributed by atoms with van der Waals surface area (Å²) in [6, 6.07) is 5.04. The Bertz CT molecular complexity index is 578. The molecule has 3 nitrogen and oxygen atoms in total. The SMILES string of the molecule is CCN(C[C@H]1CCOC1)C(=O)C(C)(C)c1cccc(C(F)(F)F)c1. The molecule has 0 radical (unpaired) electrons. The Morgan fingerprint density at radius 3 is 2.50 bits per heavy atom. The van der Waals surface area contributed by atoms with Crippen molar-refractivity contribution in [1.29, 1.82) is 0 Å². The summed E-state index contributed by atoms with van der Waals surface area (Å²) >= 11 is 0. The molecular weight excluding hydrogens is 319 g/mol. The maximum atomic E-state index is 12.9. The van der Waals surface area contributed by atoms with Gasteiger partial charge in [-0.15, -0.1) is 0 Å². The Balaban J connectivity index is 2.22. The van der Waals surface area contributed by atoms with Crippen LogP contribution >= 0.6 is 0 Å². The normalized spacial score (nSPS) is 18.7. The number of nitrogens with zero attached hydrogens (tertiary/aromatic N) is 1. The van der Waals surface area contributed by atoms with Gasteiger partial charge < -0.3 is 9.64 Å². The molecule has 1 aromatic rings. The Kier molecular flexibility index (Phi) is 5.58. The number of hydrogen-bond donors (Lipinski definition) is 0. The topological polar surface area (TPSA) is 29.5 Å². The third-order valence-corrected chi connectivity index (χ3v) is 4.62. The van der Waals surface area contributed by atoms with Crippen LogP contribution in [0.15, 0.2) is 24.3 Å². The lowest BCUT2D eigenvalue weighted by Gasteiger charge is -2.33. The number of benzene rings is 1. The molecule has 1 aliphatic heterocycles. The monoisotopic (exact) mass is 343 g/mol. The molecule has 1 aliphatic rings. The summed E-state index contributed by atoms with van der Waals surface area (Å²) in [7, 11) is 0. The van der Waals surface area contributed by atoms with E-state index in [2.05, 4.69) is 0 Å². The molecule has 0 saturated carbocycles. The zero-order valence-electron chi connectivity index (χ0n) is 14.3. The van der Waals surface area contributed by atoms with Crippen molar-refractivity contribution in [2.24, 2.45) is 5.92 Å². The predicted molar refractivity (Wildman–Crippen MR) is 85.7 cm³/mol. The van der Waals surface area contributed by atoms with E-state index in [-0.39, 0.29) is 5.91 Å². The molecular formula is C18H24F3NO2. The molecule has 24 heavy (non-hydrogen) atoms. The molecule has 0 unspecified atom stereocenters. The molecule has 1 amide bonds. The van der Waals surface area contributed by atoms with Crippen molar-refractivity contribution >= 4 is 5.91 Å². The smallest absolute Gasteiger partial charge is 0.381 e. The second kappa shape index (κ2) is 7.13. The first-order valence-electron chi connectivity index (χ1n) is 8.21. The van der Waals surface area contributed by atoms with Crippen LogP contribution < -0.4 is 0 Å². The maximum absolute atomic E-state index is 12.9. The van der Waals surface area contributed by atoms with Crippen LogP contribution in [-0.2, 0) is 21.1 Å². The Hall–Kier alpha value is -1.56. The molecule has 0 aromatic heterocycles. The van der Waals surface area contributed by atoms with Gasteiger partial charge in [-0.1, -0.05) is 18.2 Å². The third-order valence-electron chi connectivity index (χ3n) is 4.62. The number of amides is 1. The lowest BCUT2D eigenvalue weighted by Crippen LogP contribution is -2.45. The van der Waals surface area contributed by atoms with Gasteiger partial charge in [-0.05, 0) is 38.8 Å². The Morgan fingerprint density at radius 1 is 1.29 bits per heavy atom. The van der Waals surface area contributed by atoms with Gasteiger partial charge in [0.1, 0.15) is 0 Å². The highest BCUT2D eigenvalue weighted by Gasteiger charge is 2.37. The van der Waals surface area contributed by atoms with E-state index in [1.165, 1.54) is 6.07 Å². The summed E-state index contributed by atoms with van der Waals surface area (Å²) in [6.45, 7) is 7.68. The number of ether oxygens (including phenoxy) is 1. The van der Waals surface area contributed by atoms with Crippen molar-refractivity contribution in [3.8, 4) is 0 Å². The van der Waals surface area contributed by atoms with Crippen molar-refractivity contribution in [2.75, 3.05) is 26.3 Å². The second-order valence-corrected chi connectivity index (χ2v) is 6.78. The minimum atomic E-state index is -4.42. The Morgan fingerprint density at radius 2 is 1.96 bits per heavy atom. The molecule has 0 bridgehead atoms. The number of rotatable bonds is 5. The number of hydrogen-bond acceptors (Lipinski definition) is 2. The first-order valence-corrected chi connectivity index (χ1v) is 8.21. The molecule has 134 valence electrons. The maximum Gasteiger partial charge on any atom is 0.416 e. The van der Waals surface area contributed by atoms with Crippen LogP contribution in [0, 0.1) is 5.92 Å². The molecule has 6 heteroatoms. The number of carbonyl (C=O) groups excluding carboxylic acids is 1. The van der Waals surface area contributed by atoms with Crippen LogP contribution in [0.3, 0.4) is 0 Å². The summed E-state index contributed by atoms with van der Waals surface area (Å²) in [5, 5.41) is 0. The van der Waals surface area contributed by atoms with Crippen LogP contribution in [0.2, 0.25) is 0 Å². The van der Waals surface area contributed by atoms with Gasteiger partial charge in [-0.25, -0.2) is 0 Å². The highest BCUT2D eigenvalue weighted by Crippen LogP contribution is 2.33. The molecule has 1 saturated heterocycles. The summed E-state index contributed by atoms with van der Waals surface area (Å²) in [5.74, 6) is 0.141. The summed E-state index contributed by atoms with van der Waals surface area (Å²) in [4.78, 5) is 14.7. The summed E-state index contributed by atoms with van der Waals surface area (Å²) < 4.78 is 44.2. The van der Waals surface area contributed by atoms with Crippen molar-refractivity contribution in [3.63, 3.8) is 0 Å². The average Bonchev–Trinajstić information content (AvgIpc) is 3.04. The second-order valence-electron chi connectivity index (χ2n) is 6.78. The van der Waals surface area contributed by atoms with Gasteiger partial charge in [0.25, 0.3) is 0 Å². The van der Waals surface area contributed by atoms with E-state index < -0.39 is 17.2 Å². The highest BCUT2D eigenvalue weighted by atomic mass is 19.4. The molecule has 1 aromatic carbocycles. The van der Waals surface area contributed by atoms with Gasteiger partial charge >= 0.3 is 6.18 Å². The lowest BCUT2D eigenvalue weighted by molar-refractivity contribution is -0.139. The fraction of sp³-hybridized carbons (Fsp3) is 0.611. The van der Waals surface area contributed by atoms with Crippen LogP contribution in [0.4, 0.5) is 13.2 Å². The average molecular weight is 343 g/mol. The van der Waals surface area contributed by atoms with Gasteiger partial charge in [0.05, 0.1) is 17.6 Å². The van der Waals surface area contributed by atoms with E-state index >= 15 is 0 Å². The number of alkyl halides is 3. The van der Waals surface area contributed by atoms with E-state index in [1.54, 1.807) is 24.8 Å².